The molecule has 33 heavy (non-hydrogen) atoms. The zero-order valence-corrected chi connectivity index (χ0v) is 22.0. The Bertz CT molecular complexity index is 899. The average molecular weight is 562 g/mol. The molecule has 178 valence electrons. The summed E-state index contributed by atoms with van der Waals surface area (Å²) in [4.78, 5) is 9.36. The van der Waals surface area contributed by atoms with Crippen molar-refractivity contribution >= 4 is 35.6 Å². The van der Waals surface area contributed by atoms with Crippen molar-refractivity contribution in [3.05, 3.63) is 71.8 Å². The first-order valence-corrected chi connectivity index (χ1v) is 11.6. The lowest BCUT2D eigenvalue weighted by molar-refractivity contribution is 0.245. The third-order valence-corrected chi connectivity index (χ3v) is 6.35. The van der Waals surface area contributed by atoms with Crippen LogP contribution in [0.5, 0.6) is 5.75 Å². The maximum atomic E-state index is 5.34. The van der Waals surface area contributed by atoms with Crippen molar-refractivity contribution in [2.45, 2.75) is 25.4 Å². The van der Waals surface area contributed by atoms with E-state index in [-0.39, 0.29) is 24.0 Å². The molecule has 2 N–H and O–H groups in total. The number of halogens is 1. The fourth-order valence-electron chi connectivity index (χ4n) is 4.45. The van der Waals surface area contributed by atoms with Crippen LogP contribution in [0, 0.1) is 0 Å². The molecule has 2 aliphatic rings. The van der Waals surface area contributed by atoms with E-state index in [1.807, 2.05) is 19.2 Å². The number of aliphatic imine (C=N–C) groups is 1. The first kappa shape index (κ1) is 25.4. The topological polar surface area (TPSA) is 52.1 Å². The highest BCUT2D eigenvalue weighted by molar-refractivity contribution is 14.0. The first-order chi connectivity index (χ1) is 15.8. The number of guanidine groups is 1. The van der Waals surface area contributed by atoms with E-state index < -0.39 is 0 Å². The molecular weight excluding hydrogens is 525 g/mol. The first-order valence-electron chi connectivity index (χ1n) is 11.6. The fraction of sp³-hybridized carbons (Fsp3) is 0.423. The molecule has 1 atom stereocenters. The summed E-state index contributed by atoms with van der Waals surface area (Å²) in [5, 5.41) is 7.01. The summed E-state index contributed by atoms with van der Waals surface area (Å²) < 4.78 is 5.34. The molecule has 4 rings (SSSR count). The van der Waals surface area contributed by atoms with Gasteiger partial charge in [-0.15, -0.1) is 24.0 Å². The summed E-state index contributed by atoms with van der Waals surface area (Å²) in [7, 11) is 3.54. The van der Waals surface area contributed by atoms with Gasteiger partial charge in [0.05, 0.1) is 13.2 Å². The van der Waals surface area contributed by atoms with Crippen LogP contribution in [0.4, 0.5) is 5.69 Å². The van der Waals surface area contributed by atoms with Gasteiger partial charge >= 0.3 is 0 Å². The van der Waals surface area contributed by atoms with Crippen LogP contribution in [0.2, 0.25) is 0 Å². The zero-order chi connectivity index (χ0) is 22.2. The number of hydrogen-bond donors (Lipinski definition) is 2. The number of nitrogens with one attached hydrogen (secondary N) is 2. The average Bonchev–Trinajstić information content (AvgIpc) is 3.57. The van der Waals surface area contributed by atoms with Gasteiger partial charge in [-0.2, -0.15) is 0 Å². The van der Waals surface area contributed by atoms with Gasteiger partial charge in [-0.3, -0.25) is 9.89 Å². The van der Waals surface area contributed by atoms with E-state index in [4.69, 9.17) is 4.74 Å². The lowest BCUT2D eigenvalue weighted by Crippen LogP contribution is -2.42. The molecule has 0 aromatic heterocycles. The molecule has 1 fully saturated rings. The normalized spacial score (nSPS) is 17.0. The van der Waals surface area contributed by atoms with Gasteiger partial charge in [0.2, 0.25) is 0 Å². The van der Waals surface area contributed by atoms with Crippen molar-refractivity contribution in [1.29, 1.82) is 0 Å². The van der Waals surface area contributed by atoms with Gasteiger partial charge in [0, 0.05) is 38.9 Å². The molecule has 0 spiro atoms. The van der Waals surface area contributed by atoms with Gasteiger partial charge in [-0.25, -0.2) is 0 Å². The predicted molar refractivity (Wildman–Crippen MR) is 148 cm³/mol. The number of benzene rings is 2. The summed E-state index contributed by atoms with van der Waals surface area (Å²) in [5.74, 6) is 1.72. The number of likely N-dealkylation sites (tertiary alicyclic amines) is 1. The number of hydrogen-bond acceptors (Lipinski definition) is 4. The number of nitrogens with zero attached hydrogens (tertiary/aromatic N) is 3. The van der Waals surface area contributed by atoms with Crippen molar-refractivity contribution < 1.29 is 4.74 Å². The van der Waals surface area contributed by atoms with E-state index in [0.29, 0.717) is 6.04 Å². The number of rotatable bonds is 8. The Morgan fingerprint density at radius 2 is 1.64 bits per heavy atom. The standard InChI is InChI=1S/C26H35N5O.HI/c1-27-26(28-19-21-7-11-23(12-8-21)30-15-3-4-16-30)29-20-25(31-17-5-6-18-31)22-9-13-24(32-2)14-10-22;/h3-4,7-14,25H,5-6,15-20H2,1-2H3,(H2,27,28,29);1H. The summed E-state index contributed by atoms with van der Waals surface area (Å²) in [5.41, 5.74) is 3.83. The Morgan fingerprint density at radius 1 is 0.970 bits per heavy atom. The molecule has 6 nitrogen and oxygen atoms in total. The Morgan fingerprint density at radius 3 is 2.24 bits per heavy atom. The van der Waals surface area contributed by atoms with E-state index in [1.165, 1.54) is 29.7 Å². The summed E-state index contributed by atoms with van der Waals surface area (Å²) in [6.07, 6.45) is 6.96. The molecule has 0 bridgehead atoms. The van der Waals surface area contributed by atoms with Crippen LogP contribution >= 0.6 is 24.0 Å². The SMILES string of the molecule is CN=C(NCc1ccc(N2CC=CC2)cc1)NCC(c1ccc(OC)cc1)N1CCCC1.I. The maximum Gasteiger partial charge on any atom is 0.191 e. The van der Waals surface area contributed by atoms with Crippen LogP contribution in [-0.2, 0) is 6.54 Å². The highest BCUT2D eigenvalue weighted by Gasteiger charge is 2.23. The molecule has 2 aromatic carbocycles. The minimum atomic E-state index is 0. The molecule has 2 heterocycles. The van der Waals surface area contributed by atoms with E-state index >= 15 is 0 Å². The predicted octanol–water partition coefficient (Wildman–Crippen LogP) is 4.19. The molecule has 7 heteroatoms. The van der Waals surface area contributed by atoms with E-state index in [0.717, 1.165) is 51.0 Å². The van der Waals surface area contributed by atoms with Crippen LogP contribution in [-0.4, -0.2) is 57.7 Å². The lowest BCUT2D eigenvalue weighted by Gasteiger charge is -2.29. The van der Waals surface area contributed by atoms with Gasteiger partial charge in [-0.1, -0.05) is 36.4 Å². The van der Waals surface area contributed by atoms with Crippen molar-refractivity contribution in [1.82, 2.24) is 15.5 Å². The third kappa shape index (κ3) is 6.86. The van der Waals surface area contributed by atoms with Crippen LogP contribution in [0.15, 0.2) is 65.7 Å². The molecule has 0 aliphatic carbocycles. The van der Waals surface area contributed by atoms with Crippen molar-refractivity contribution in [2.75, 3.05) is 51.8 Å². The minimum absolute atomic E-state index is 0. The van der Waals surface area contributed by atoms with E-state index in [9.17, 15) is 0 Å². The molecule has 2 aromatic rings. The molecule has 0 saturated carbocycles. The highest BCUT2D eigenvalue weighted by Crippen LogP contribution is 2.26. The van der Waals surface area contributed by atoms with Gasteiger partial charge in [0.15, 0.2) is 5.96 Å². The van der Waals surface area contributed by atoms with Crippen LogP contribution < -0.4 is 20.3 Å². The molecule has 1 saturated heterocycles. The number of methoxy groups -OCH3 is 1. The minimum Gasteiger partial charge on any atom is -0.497 e. The second-order valence-corrected chi connectivity index (χ2v) is 8.38. The van der Waals surface area contributed by atoms with E-state index in [1.54, 1.807) is 7.11 Å². The Labute approximate surface area is 215 Å². The molecular formula is C26H36IN5O. The summed E-state index contributed by atoms with van der Waals surface area (Å²) >= 11 is 0. The zero-order valence-electron chi connectivity index (χ0n) is 19.7. The summed E-state index contributed by atoms with van der Waals surface area (Å²) in [6, 6.07) is 17.6. The van der Waals surface area contributed by atoms with Crippen molar-refractivity contribution in [3.8, 4) is 5.75 Å². The molecule has 1 unspecified atom stereocenters. The molecule has 0 radical (unpaired) electrons. The molecule has 2 aliphatic heterocycles. The van der Waals surface area contributed by atoms with Gasteiger partial charge in [0.1, 0.15) is 5.75 Å². The van der Waals surface area contributed by atoms with Gasteiger partial charge in [-0.05, 0) is 61.3 Å². The van der Waals surface area contributed by atoms with Crippen molar-refractivity contribution in [2.24, 2.45) is 4.99 Å². The highest BCUT2D eigenvalue weighted by atomic mass is 127. The number of anilines is 1. The quantitative estimate of drug-likeness (QED) is 0.219. The third-order valence-electron chi connectivity index (χ3n) is 6.35. The summed E-state index contributed by atoms with van der Waals surface area (Å²) in [6.45, 7) is 5.84. The molecule has 0 amide bonds. The van der Waals surface area contributed by atoms with E-state index in [2.05, 4.69) is 74.0 Å². The second kappa shape index (κ2) is 12.8. The Balaban J connectivity index is 0.00000306. The monoisotopic (exact) mass is 561 g/mol. The maximum absolute atomic E-state index is 5.34. The van der Waals surface area contributed by atoms with Crippen LogP contribution in [0.25, 0.3) is 0 Å². The van der Waals surface area contributed by atoms with Gasteiger partial charge < -0.3 is 20.3 Å². The Kier molecular flexibility index (Phi) is 9.87. The smallest absolute Gasteiger partial charge is 0.191 e. The van der Waals surface area contributed by atoms with Crippen LogP contribution in [0.1, 0.15) is 30.0 Å². The largest absolute Gasteiger partial charge is 0.497 e. The Hall–Kier alpha value is -2.26. The van der Waals surface area contributed by atoms with Crippen LogP contribution in [0.3, 0.4) is 0 Å². The lowest BCUT2D eigenvalue weighted by atomic mass is 10.1. The number of ether oxygens (including phenoxy) is 1. The fourth-order valence-corrected chi connectivity index (χ4v) is 4.45. The van der Waals surface area contributed by atoms with Gasteiger partial charge in [0.25, 0.3) is 0 Å². The van der Waals surface area contributed by atoms with Crippen molar-refractivity contribution in [3.63, 3.8) is 0 Å². The second-order valence-electron chi connectivity index (χ2n) is 8.38.